The van der Waals surface area contributed by atoms with Crippen LogP contribution in [0.5, 0.6) is 0 Å². The van der Waals surface area contributed by atoms with Crippen molar-refractivity contribution < 1.29 is 9.90 Å². The maximum atomic E-state index is 12.2. The molecule has 1 aromatic heterocycles. The minimum atomic E-state index is -0.104. The minimum absolute atomic E-state index is 0.104. The maximum absolute atomic E-state index is 12.2. The first kappa shape index (κ1) is 13.5. The molecule has 0 bridgehead atoms. The van der Waals surface area contributed by atoms with Crippen molar-refractivity contribution in [3.05, 3.63) is 29.6 Å². The fourth-order valence-corrected chi connectivity index (χ4v) is 2.06. The van der Waals surface area contributed by atoms with Crippen molar-refractivity contribution >= 4 is 5.91 Å². The van der Waals surface area contributed by atoms with E-state index in [-0.39, 0.29) is 12.5 Å². The van der Waals surface area contributed by atoms with Gasteiger partial charge >= 0.3 is 0 Å². The van der Waals surface area contributed by atoms with E-state index < -0.39 is 0 Å². The fraction of sp³-hybridized carbons (Fsp3) is 0.462. The van der Waals surface area contributed by atoms with Gasteiger partial charge in [-0.3, -0.25) is 9.69 Å². The molecule has 1 amide bonds. The molecule has 1 saturated heterocycles. The number of nitrogens with zero attached hydrogens (tertiary/aromatic N) is 4. The third-order valence-electron chi connectivity index (χ3n) is 3.19. The molecule has 0 atom stereocenters. The van der Waals surface area contributed by atoms with E-state index in [0.29, 0.717) is 30.9 Å². The van der Waals surface area contributed by atoms with Crippen LogP contribution in [0.1, 0.15) is 16.1 Å². The largest absolute Gasteiger partial charge is 0.395 e. The molecule has 19 heavy (non-hydrogen) atoms. The van der Waals surface area contributed by atoms with Crippen LogP contribution in [0, 0.1) is 11.3 Å². The van der Waals surface area contributed by atoms with E-state index in [2.05, 4.69) is 9.88 Å². The summed E-state index contributed by atoms with van der Waals surface area (Å²) in [5.41, 5.74) is 0.818. The second-order valence-corrected chi connectivity index (χ2v) is 4.40. The number of amides is 1. The molecule has 0 aliphatic carbocycles. The topological polar surface area (TPSA) is 80.5 Å². The molecule has 100 valence electrons. The second-order valence-electron chi connectivity index (χ2n) is 4.40. The molecule has 2 rings (SSSR count). The lowest BCUT2D eigenvalue weighted by atomic mass is 10.2. The Morgan fingerprint density at radius 1 is 1.37 bits per heavy atom. The van der Waals surface area contributed by atoms with Gasteiger partial charge in [0.05, 0.1) is 12.2 Å². The van der Waals surface area contributed by atoms with Gasteiger partial charge in [0.2, 0.25) is 0 Å². The van der Waals surface area contributed by atoms with Crippen molar-refractivity contribution in [2.24, 2.45) is 0 Å². The van der Waals surface area contributed by atoms with Gasteiger partial charge < -0.3 is 10.0 Å². The summed E-state index contributed by atoms with van der Waals surface area (Å²) in [5.74, 6) is -0.104. The van der Waals surface area contributed by atoms with Gasteiger partial charge in [0.1, 0.15) is 11.8 Å². The average molecular weight is 260 g/mol. The predicted octanol–water partition coefficient (Wildman–Crippen LogP) is -0.297. The van der Waals surface area contributed by atoms with Crippen LogP contribution in [-0.4, -0.2) is 65.1 Å². The Labute approximate surface area is 111 Å². The highest BCUT2D eigenvalue weighted by Crippen LogP contribution is 2.07. The Kier molecular flexibility index (Phi) is 4.44. The summed E-state index contributed by atoms with van der Waals surface area (Å²) >= 11 is 0. The number of piperazine rings is 1. The Balaban J connectivity index is 1.95. The molecule has 1 fully saturated rings. The fourth-order valence-electron chi connectivity index (χ4n) is 2.06. The summed E-state index contributed by atoms with van der Waals surface area (Å²) in [6, 6.07) is 5.16. The van der Waals surface area contributed by atoms with Gasteiger partial charge in [0, 0.05) is 38.9 Å². The molecule has 1 aliphatic rings. The number of aromatic nitrogens is 1. The van der Waals surface area contributed by atoms with Crippen LogP contribution >= 0.6 is 0 Å². The molecule has 0 aromatic carbocycles. The van der Waals surface area contributed by atoms with E-state index in [1.54, 1.807) is 17.0 Å². The van der Waals surface area contributed by atoms with Crippen molar-refractivity contribution in [2.75, 3.05) is 39.3 Å². The lowest BCUT2D eigenvalue weighted by Crippen LogP contribution is -2.49. The van der Waals surface area contributed by atoms with Crippen molar-refractivity contribution in [3.63, 3.8) is 0 Å². The number of nitriles is 1. The molecule has 0 unspecified atom stereocenters. The van der Waals surface area contributed by atoms with E-state index in [4.69, 9.17) is 10.4 Å². The number of hydrogen-bond donors (Lipinski definition) is 1. The zero-order valence-electron chi connectivity index (χ0n) is 10.6. The highest BCUT2D eigenvalue weighted by molar-refractivity contribution is 5.92. The van der Waals surface area contributed by atoms with E-state index in [1.165, 1.54) is 6.20 Å². The SMILES string of the molecule is N#Cc1ccc(C(=O)N2CCN(CCO)CC2)nc1. The summed E-state index contributed by atoms with van der Waals surface area (Å²) in [5, 5.41) is 17.5. The van der Waals surface area contributed by atoms with Gasteiger partial charge in [-0.25, -0.2) is 4.98 Å². The maximum Gasteiger partial charge on any atom is 0.272 e. The first-order chi connectivity index (χ1) is 9.24. The number of pyridine rings is 1. The monoisotopic (exact) mass is 260 g/mol. The van der Waals surface area contributed by atoms with Gasteiger partial charge in [0.25, 0.3) is 5.91 Å². The lowest BCUT2D eigenvalue weighted by Gasteiger charge is -2.34. The molecule has 2 heterocycles. The third kappa shape index (κ3) is 3.28. The number of aliphatic hydroxyl groups excluding tert-OH is 1. The first-order valence-corrected chi connectivity index (χ1v) is 6.23. The van der Waals surface area contributed by atoms with Crippen molar-refractivity contribution in [1.29, 1.82) is 5.26 Å². The second kappa shape index (κ2) is 6.27. The highest BCUT2D eigenvalue weighted by Gasteiger charge is 2.22. The van der Waals surface area contributed by atoms with Gasteiger partial charge in [-0.1, -0.05) is 0 Å². The quantitative estimate of drug-likeness (QED) is 0.807. The zero-order chi connectivity index (χ0) is 13.7. The molecule has 6 heteroatoms. The number of carbonyl (C=O) groups is 1. The Hall–Kier alpha value is -1.97. The van der Waals surface area contributed by atoms with E-state index in [9.17, 15) is 4.79 Å². The highest BCUT2D eigenvalue weighted by atomic mass is 16.3. The van der Waals surface area contributed by atoms with Crippen LogP contribution in [0.2, 0.25) is 0 Å². The van der Waals surface area contributed by atoms with Crippen molar-refractivity contribution in [3.8, 4) is 6.07 Å². The van der Waals surface area contributed by atoms with Crippen LogP contribution in [-0.2, 0) is 0 Å². The van der Waals surface area contributed by atoms with Crippen LogP contribution in [0.15, 0.2) is 18.3 Å². The number of rotatable bonds is 3. The summed E-state index contributed by atoms with van der Waals surface area (Å²) in [6.07, 6.45) is 1.41. The van der Waals surface area contributed by atoms with Crippen LogP contribution < -0.4 is 0 Å². The summed E-state index contributed by atoms with van der Waals surface area (Å²) < 4.78 is 0. The zero-order valence-corrected chi connectivity index (χ0v) is 10.6. The molecular formula is C13H16N4O2. The number of β-amino-alcohol motifs (C(OH)–C–C–N with tert-alkyl or cyclic N) is 1. The first-order valence-electron chi connectivity index (χ1n) is 6.23. The van der Waals surface area contributed by atoms with E-state index in [1.807, 2.05) is 6.07 Å². The Bertz CT molecular complexity index is 472. The van der Waals surface area contributed by atoms with Crippen LogP contribution in [0.25, 0.3) is 0 Å². The number of carbonyl (C=O) groups excluding carboxylic acids is 1. The smallest absolute Gasteiger partial charge is 0.272 e. The van der Waals surface area contributed by atoms with E-state index >= 15 is 0 Å². The van der Waals surface area contributed by atoms with Crippen LogP contribution in [0.4, 0.5) is 0 Å². The minimum Gasteiger partial charge on any atom is -0.395 e. The number of aliphatic hydroxyl groups is 1. The number of hydrogen-bond acceptors (Lipinski definition) is 5. The van der Waals surface area contributed by atoms with Gasteiger partial charge in [0.15, 0.2) is 0 Å². The molecule has 6 nitrogen and oxygen atoms in total. The average Bonchev–Trinajstić information content (AvgIpc) is 2.48. The van der Waals surface area contributed by atoms with E-state index in [0.717, 1.165) is 13.1 Å². The van der Waals surface area contributed by atoms with Crippen molar-refractivity contribution in [1.82, 2.24) is 14.8 Å². The normalized spacial score (nSPS) is 16.1. The Morgan fingerprint density at radius 3 is 2.63 bits per heavy atom. The van der Waals surface area contributed by atoms with Gasteiger partial charge in [-0.2, -0.15) is 5.26 Å². The Morgan fingerprint density at radius 2 is 2.11 bits per heavy atom. The van der Waals surface area contributed by atoms with Crippen LogP contribution in [0.3, 0.4) is 0 Å². The predicted molar refractivity (Wildman–Crippen MR) is 68.4 cm³/mol. The molecule has 0 radical (unpaired) electrons. The molecule has 0 spiro atoms. The summed E-state index contributed by atoms with van der Waals surface area (Å²) in [4.78, 5) is 20.1. The van der Waals surface area contributed by atoms with Gasteiger partial charge in [-0.15, -0.1) is 0 Å². The molecule has 1 aromatic rings. The molecule has 0 saturated carbocycles. The third-order valence-corrected chi connectivity index (χ3v) is 3.19. The summed E-state index contributed by atoms with van der Waals surface area (Å²) in [6.45, 7) is 3.61. The molecular weight excluding hydrogens is 244 g/mol. The van der Waals surface area contributed by atoms with Gasteiger partial charge in [-0.05, 0) is 12.1 Å². The van der Waals surface area contributed by atoms with Crippen molar-refractivity contribution in [2.45, 2.75) is 0 Å². The standard InChI is InChI=1S/C13H16N4O2/c14-9-11-1-2-12(15-10-11)13(19)17-5-3-16(4-6-17)7-8-18/h1-2,10,18H,3-8H2. The molecule has 1 N–H and O–H groups in total. The lowest BCUT2D eigenvalue weighted by molar-refractivity contribution is 0.0609. The summed E-state index contributed by atoms with van der Waals surface area (Å²) in [7, 11) is 0. The molecule has 1 aliphatic heterocycles.